The number of aromatic nitrogens is 4. The van der Waals surface area contributed by atoms with Crippen molar-refractivity contribution in [3.63, 3.8) is 0 Å². The van der Waals surface area contributed by atoms with Crippen molar-refractivity contribution >= 4 is 0 Å². The zero-order valence-electron chi connectivity index (χ0n) is 12.4. The lowest BCUT2D eigenvalue weighted by atomic mass is 10.2. The summed E-state index contributed by atoms with van der Waals surface area (Å²) in [6.07, 6.45) is 8.86. The third-order valence-corrected chi connectivity index (χ3v) is 4.41. The number of rotatable bonds is 5. The molecule has 1 saturated carbocycles. The van der Waals surface area contributed by atoms with Gasteiger partial charge >= 0.3 is 0 Å². The first-order chi connectivity index (χ1) is 10.3. The number of hydrogen-bond donors (Lipinski definition) is 0. The molecule has 1 aliphatic heterocycles. The molecule has 2 aromatic rings. The summed E-state index contributed by atoms with van der Waals surface area (Å²) in [5, 5.41) is 12.8. The van der Waals surface area contributed by atoms with E-state index in [0.717, 1.165) is 31.4 Å². The van der Waals surface area contributed by atoms with Crippen LogP contribution >= 0.6 is 0 Å². The van der Waals surface area contributed by atoms with Crippen LogP contribution in [0.3, 0.4) is 0 Å². The van der Waals surface area contributed by atoms with Gasteiger partial charge in [0.1, 0.15) is 0 Å². The van der Waals surface area contributed by atoms with Crippen LogP contribution in [-0.4, -0.2) is 37.5 Å². The minimum Gasteiger partial charge on any atom is -0.424 e. The van der Waals surface area contributed by atoms with Gasteiger partial charge in [0.2, 0.25) is 11.8 Å². The molecule has 6 heteroatoms. The Bertz CT molecular complexity index is 615. The van der Waals surface area contributed by atoms with Crippen LogP contribution in [0.2, 0.25) is 0 Å². The Morgan fingerprint density at radius 1 is 1.29 bits per heavy atom. The monoisotopic (exact) mass is 287 g/mol. The molecule has 21 heavy (non-hydrogen) atoms. The molecule has 0 bridgehead atoms. The molecule has 2 fully saturated rings. The van der Waals surface area contributed by atoms with Crippen molar-refractivity contribution in [3.8, 4) is 0 Å². The summed E-state index contributed by atoms with van der Waals surface area (Å²) >= 11 is 0. The van der Waals surface area contributed by atoms with Gasteiger partial charge < -0.3 is 4.42 Å². The SMILES string of the molecule is Cc1cnn(CC2CCCN2Cc2nnc(C3CC3)o2)c1. The molecular weight excluding hydrogens is 266 g/mol. The summed E-state index contributed by atoms with van der Waals surface area (Å²) in [7, 11) is 0. The molecule has 4 rings (SSSR count). The lowest BCUT2D eigenvalue weighted by Gasteiger charge is -2.22. The molecule has 2 aliphatic rings. The normalized spacial score (nSPS) is 23.0. The predicted octanol–water partition coefficient (Wildman–Crippen LogP) is 2.12. The quantitative estimate of drug-likeness (QED) is 0.843. The standard InChI is InChI=1S/C15H21N5O/c1-11-7-16-20(8-11)9-13-3-2-6-19(13)10-14-17-18-15(21-14)12-4-5-12/h7-8,12-13H,2-6,9-10H2,1H3. The van der Waals surface area contributed by atoms with Crippen molar-refractivity contribution in [2.75, 3.05) is 6.54 Å². The second-order valence-electron chi connectivity index (χ2n) is 6.31. The highest BCUT2D eigenvalue weighted by molar-refractivity contribution is 5.01. The highest BCUT2D eigenvalue weighted by Gasteiger charge is 2.31. The van der Waals surface area contributed by atoms with Gasteiger partial charge in [-0.05, 0) is 44.7 Å². The number of hydrogen-bond acceptors (Lipinski definition) is 5. The number of aryl methyl sites for hydroxylation is 1. The highest BCUT2D eigenvalue weighted by Crippen LogP contribution is 2.39. The van der Waals surface area contributed by atoms with E-state index in [4.69, 9.17) is 4.42 Å². The molecule has 3 heterocycles. The van der Waals surface area contributed by atoms with Gasteiger partial charge in [-0.2, -0.15) is 5.10 Å². The number of likely N-dealkylation sites (tertiary alicyclic amines) is 1. The van der Waals surface area contributed by atoms with E-state index in [1.807, 2.05) is 10.9 Å². The van der Waals surface area contributed by atoms with Gasteiger partial charge in [0.25, 0.3) is 0 Å². The van der Waals surface area contributed by atoms with E-state index in [0.29, 0.717) is 12.0 Å². The summed E-state index contributed by atoms with van der Waals surface area (Å²) in [6.45, 7) is 4.89. The van der Waals surface area contributed by atoms with Crippen molar-refractivity contribution in [3.05, 3.63) is 29.7 Å². The fourth-order valence-corrected chi connectivity index (χ4v) is 3.09. The van der Waals surface area contributed by atoms with Crippen LogP contribution in [0.5, 0.6) is 0 Å². The first-order valence-corrected chi connectivity index (χ1v) is 7.83. The van der Waals surface area contributed by atoms with Gasteiger partial charge in [-0.1, -0.05) is 0 Å². The van der Waals surface area contributed by atoms with E-state index in [1.54, 1.807) is 0 Å². The average molecular weight is 287 g/mol. The Labute approximate surface area is 124 Å². The van der Waals surface area contributed by atoms with Crippen molar-refractivity contribution < 1.29 is 4.42 Å². The first-order valence-electron chi connectivity index (χ1n) is 7.83. The zero-order chi connectivity index (χ0) is 14.2. The maximum absolute atomic E-state index is 5.79. The molecule has 0 N–H and O–H groups in total. The van der Waals surface area contributed by atoms with Crippen molar-refractivity contribution in [1.82, 2.24) is 24.9 Å². The second kappa shape index (κ2) is 5.26. The molecule has 1 aliphatic carbocycles. The summed E-state index contributed by atoms with van der Waals surface area (Å²) < 4.78 is 7.83. The molecule has 0 aromatic carbocycles. The Morgan fingerprint density at radius 2 is 2.19 bits per heavy atom. The predicted molar refractivity (Wildman–Crippen MR) is 76.7 cm³/mol. The van der Waals surface area contributed by atoms with E-state index in [1.165, 1.54) is 31.2 Å². The average Bonchev–Trinajstić information content (AvgIpc) is 2.86. The molecule has 112 valence electrons. The molecule has 0 radical (unpaired) electrons. The fourth-order valence-electron chi connectivity index (χ4n) is 3.09. The highest BCUT2D eigenvalue weighted by atomic mass is 16.4. The summed E-state index contributed by atoms with van der Waals surface area (Å²) in [5.41, 5.74) is 1.21. The Balaban J connectivity index is 1.40. The molecule has 1 atom stereocenters. The van der Waals surface area contributed by atoms with Crippen LogP contribution in [-0.2, 0) is 13.1 Å². The molecule has 2 aromatic heterocycles. The first kappa shape index (κ1) is 13.0. The molecule has 0 spiro atoms. The maximum atomic E-state index is 5.79. The van der Waals surface area contributed by atoms with Crippen molar-refractivity contribution in [2.45, 2.75) is 57.7 Å². The van der Waals surface area contributed by atoms with Crippen LogP contribution in [0.15, 0.2) is 16.8 Å². The van der Waals surface area contributed by atoms with Crippen LogP contribution in [0, 0.1) is 6.92 Å². The van der Waals surface area contributed by atoms with E-state index in [-0.39, 0.29) is 0 Å². The third kappa shape index (κ3) is 2.85. The maximum Gasteiger partial charge on any atom is 0.230 e. The van der Waals surface area contributed by atoms with E-state index >= 15 is 0 Å². The van der Waals surface area contributed by atoms with E-state index in [9.17, 15) is 0 Å². The van der Waals surface area contributed by atoms with Gasteiger partial charge in [-0.25, -0.2) is 0 Å². The molecule has 6 nitrogen and oxygen atoms in total. The third-order valence-electron chi connectivity index (χ3n) is 4.41. The van der Waals surface area contributed by atoms with Gasteiger partial charge in [0, 0.05) is 18.2 Å². The lowest BCUT2D eigenvalue weighted by Crippen LogP contribution is -2.32. The smallest absolute Gasteiger partial charge is 0.230 e. The van der Waals surface area contributed by atoms with Crippen LogP contribution in [0.1, 0.15) is 48.9 Å². The Hall–Kier alpha value is -1.69. The van der Waals surface area contributed by atoms with Crippen LogP contribution in [0.25, 0.3) is 0 Å². The topological polar surface area (TPSA) is 60.0 Å². The van der Waals surface area contributed by atoms with Crippen molar-refractivity contribution in [2.24, 2.45) is 0 Å². The zero-order valence-corrected chi connectivity index (χ0v) is 12.4. The summed E-state index contributed by atoms with van der Waals surface area (Å²) in [4.78, 5) is 2.45. The van der Waals surface area contributed by atoms with Gasteiger partial charge in [0.15, 0.2) is 0 Å². The molecule has 1 saturated heterocycles. The largest absolute Gasteiger partial charge is 0.424 e. The lowest BCUT2D eigenvalue weighted by molar-refractivity contribution is 0.198. The van der Waals surface area contributed by atoms with Gasteiger partial charge in [-0.3, -0.25) is 9.58 Å². The number of nitrogens with zero attached hydrogens (tertiary/aromatic N) is 5. The molecule has 0 amide bonds. The van der Waals surface area contributed by atoms with E-state index < -0.39 is 0 Å². The minimum atomic E-state index is 0.514. The second-order valence-corrected chi connectivity index (χ2v) is 6.31. The molecular formula is C15H21N5O. The Morgan fingerprint density at radius 3 is 2.95 bits per heavy atom. The minimum absolute atomic E-state index is 0.514. The van der Waals surface area contributed by atoms with Crippen LogP contribution < -0.4 is 0 Å². The fraction of sp³-hybridized carbons (Fsp3) is 0.667. The van der Waals surface area contributed by atoms with Gasteiger partial charge in [0.05, 0.1) is 19.3 Å². The van der Waals surface area contributed by atoms with Crippen LogP contribution in [0.4, 0.5) is 0 Å². The van der Waals surface area contributed by atoms with Gasteiger partial charge in [-0.15, -0.1) is 10.2 Å². The van der Waals surface area contributed by atoms with Crippen molar-refractivity contribution in [1.29, 1.82) is 0 Å². The Kier molecular flexibility index (Phi) is 3.25. The summed E-state index contributed by atoms with van der Waals surface area (Å²) in [5.74, 6) is 2.14. The summed E-state index contributed by atoms with van der Waals surface area (Å²) in [6, 6.07) is 0.514. The molecule has 1 unspecified atom stereocenters. The van der Waals surface area contributed by atoms with E-state index in [2.05, 4.69) is 33.3 Å².